The zero-order valence-electron chi connectivity index (χ0n) is 9.63. The van der Waals surface area contributed by atoms with Crippen molar-refractivity contribution in [2.75, 3.05) is 6.61 Å². The van der Waals surface area contributed by atoms with Crippen molar-refractivity contribution in [1.29, 1.82) is 0 Å². The maximum atomic E-state index is 11.3. The van der Waals surface area contributed by atoms with Crippen LogP contribution in [-0.4, -0.2) is 12.6 Å². The molecule has 0 bridgehead atoms. The largest absolute Gasteiger partial charge is 0.466 e. The number of esters is 1. The quantitative estimate of drug-likeness (QED) is 0.861. The van der Waals surface area contributed by atoms with Crippen LogP contribution in [0.2, 0.25) is 0 Å². The Kier molecular flexibility index (Phi) is 4.96. The summed E-state index contributed by atoms with van der Waals surface area (Å²) < 4.78 is 5.95. The van der Waals surface area contributed by atoms with Gasteiger partial charge in [-0.15, -0.1) is 0 Å². The Morgan fingerprint density at radius 2 is 2.25 bits per heavy atom. The van der Waals surface area contributed by atoms with Crippen LogP contribution in [0.4, 0.5) is 0 Å². The number of benzene rings is 1. The van der Waals surface area contributed by atoms with Gasteiger partial charge in [-0.2, -0.15) is 0 Å². The van der Waals surface area contributed by atoms with E-state index in [-0.39, 0.29) is 12.0 Å². The third-order valence-electron chi connectivity index (χ3n) is 2.39. The molecule has 1 rings (SSSR count). The number of carbonyl (C=O) groups excluding carboxylic acids is 1. The predicted octanol–water partition coefficient (Wildman–Crippen LogP) is 1.99. The zero-order chi connectivity index (χ0) is 12.1. The number of quaternary nitrogens is 1. The van der Waals surface area contributed by atoms with Gasteiger partial charge in [0.25, 0.3) is 0 Å². The Morgan fingerprint density at radius 1 is 1.56 bits per heavy atom. The van der Waals surface area contributed by atoms with E-state index in [1.807, 2.05) is 25.1 Å². The molecule has 0 saturated carbocycles. The number of rotatable bonds is 4. The molecule has 0 amide bonds. The van der Waals surface area contributed by atoms with Crippen molar-refractivity contribution in [1.82, 2.24) is 0 Å². The molecule has 0 radical (unpaired) electrons. The SMILES string of the molecule is CCOC(=O)C[C@@H]([NH3+])c1ccc(Br)cc1C. The molecule has 88 valence electrons. The first kappa shape index (κ1) is 13.2. The van der Waals surface area contributed by atoms with Crippen molar-refractivity contribution in [3.63, 3.8) is 0 Å². The van der Waals surface area contributed by atoms with E-state index in [1.165, 1.54) is 0 Å². The van der Waals surface area contributed by atoms with Gasteiger partial charge in [0.1, 0.15) is 12.5 Å². The lowest BCUT2D eigenvalue weighted by molar-refractivity contribution is -0.426. The minimum atomic E-state index is -0.190. The molecular formula is C12H17BrNO2+. The average Bonchev–Trinajstić information content (AvgIpc) is 2.17. The van der Waals surface area contributed by atoms with E-state index < -0.39 is 0 Å². The summed E-state index contributed by atoms with van der Waals surface area (Å²) in [5, 5.41) is 0. The molecule has 0 unspecified atom stereocenters. The number of hydrogen-bond donors (Lipinski definition) is 1. The van der Waals surface area contributed by atoms with Crippen LogP contribution in [0.15, 0.2) is 22.7 Å². The van der Waals surface area contributed by atoms with Gasteiger partial charge < -0.3 is 10.5 Å². The average molecular weight is 287 g/mol. The number of aryl methyl sites for hydroxylation is 1. The number of carbonyl (C=O) groups is 1. The molecule has 0 spiro atoms. The lowest BCUT2D eigenvalue weighted by atomic mass is 10.00. The maximum Gasteiger partial charge on any atom is 0.312 e. The smallest absolute Gasteiger partial charge is 0.312 e. The molecule has 1 aromatic carbocycles. The van der Waals surface area contributed by atoms with Crippen LogP contribution in [0.1, 0.15) is 30.5 Å². The summed E-state index contributed by atoms with van der Waals surface area (Å²) in [6.07, 6.45) is 0.330. The molecule has 0 aliphatic heterocycles. The first-order chi connectivity index (χ1) is 7.54. The summed E-state index contributed by atoms with van der Waals surface area (Å²) in [6, 6.07) is 5.94. The Bertz CT molecular complexity index is 379. The zero-order valence-corrected chi connectivity index (χ0v) is 11.2. The van der Waals surface area contributed by atoms with Crippen LogP contribution in [0, 0.1) is 6.92 Å². The van der Waals surface area contributed by atoms with Gasteiger partial charge in [0.2, 0.25) is 0 Å². The summed E-state index contributed by atoms with van der Waals surface area (Å²) in [5.41, 5.74) is 6.24. The topological polar surface area (TPSA) is 53.9 Å². The van der Waals surface area contributed by atoms with E-state index in [1.54, 1.807) is 6.92 Å². The number of halogens is 1. The lowest BCUT2D eigenvalue weighted by Crippen LogP contribution is -2.54. The van der Waals surface area contributed by atoms with Gasteiger partial charge in [-0.25, -0.2) is 0 Å². The van der Waals surface area contributed by atoms with Crippen LogP contribution < -0.4 is 5.73 Å². The predicted molar refractivity (Wildman–Crippen MR) is 65.8 cm³/mol. The van der Waals surface area contributed by atoms with E-state index in [4.69, 9.17) is 4.74 Å². The fourth-order valence-electron chi connectivity index (χ4n) is 1.63. The van der Waals surface area contributed by atoms with Crippen molar-refractivity contribution < 1.29 is 15.3 Å². The molecule has 0 aliphatic rings. The molecule has 1 aromatic rings. The first-order valence-electron chi connectivity index (χ1n) is 5.29. The van der Waals surface area contributed by atoms with E-state index in [0.717, 1.165) is 15.6 Å². The summed E-state index contributed by atoms with van der Waals surface area (Å²) in [6.45, 7) is 4.25. The molecule has 4 heteroatoms. The van der Waals surface area contributed by atoms with Crippen LogP contribution in [0.5, 0.6) is 0 Å². The van der Waals surface area contributed by atoms with Crippen LogP contribution >= 0.6 is 15.9 Å². The molecule has 0 saturated heterocycles. The third-order valence-corrected chi connectivity index (χ3v) is 2.88. The van der Waals surface area contributed by atoms with Crippen molar-refractivity contribution in [3.8, 4) is 0 Å². The van der Waals surface area contributed by atoms with Crippen molar-refractivity contribution in [2.45, 2.75) is 26.3 Å². The Labute approximate surface area is 104 Å². The van der Waals surface area contributed by atoms with Crippen molar-refractivity contribution in [3.05, 3.63) is 33.8 Å². The van der Waals surface area contributed by atoms with Gasteiger partial charge in [0.05, 0.1) is 6.61 Å². The minimum absolute atomic E-state index is 0.0489. The minimum Gasteiger partial charge on any atom is -0.466 e. The molecule has 0 aliphatic carbocycles. The van der Waals surface area contributed by atoms with Gasteiger partial charge in [0, 0.05) is 10.0 Å². The van der Waals surface area contributed by atoms with Crippen LogP contribution in [-0.2, 0) is 9.53 Å². The Balaban J connectivity index is 2.72. The molecule has 3 nitrogen and oxygen atoms in total. The van der Waals surface area contributed by atoms with E-state index in [0.29, 0.717) is 13.0 Å². The second-order valence-electron chi connectivity index (χ2n) is 3.71. The molecule has 1 atom stereocenters. The van der Waals surface area contributed by atoms with Gasteiger partial charge in [0.15, 0.2) is 0 Å². The monoisotopic (exact) mass is 286 g/mol. The summed E-state index contributed by atoms with van der Waals surface area (Å²) in [7, 11) is 0. The molecule has 0 aromatic heterocycles. The van der Waals surface area contributed by atoms with E-state index >= 15 is 0 Å². The van der Waals surface area contributed by atoms with E-state index in [9.17, 15) is 4.79 Å². The fourth-order valence-corrected chi connectivity index (χ4v) is 2.10. The van der Waals surface area contributed by atoms with Gasteiger partial charge >= 0.3 is 5.97 Å². The fraction of sp³-hybridized carbons (Fsp3) is 0.417. The molecular weight excluding hydrogens is 270 g/mol. The highest BCUT2D eigenvalue weighted by Crippen LogP contribution is 2.21. The van der Waals surface area contributed by atoms with Crippen molar-refractivity contribution in [2.24, 2.45) is 0 Å². The van der Waals surface area contributed by atoms with Crippen LogP contribution in [0.25, 0.3) is 0 Å². The molecule has 0 fully saturated rings. The first-order valence-corrected chi connectivity index (χ1v) is 6.08. The summed E-state index contributed by atoms with van der Waals surface area (Å²) in [5.74, 6) is -0.190. The highest BCUT2D eigenvalue weighted by Gasteiger charge is 2.17. The maximum absolute atomic E-state index is 11.3. The van der Waals surface area contributed by atoms with Gasteiger partial charge in [-0.1, -0.05) is 22.0 Å². The molecule has 16 heavy (non-hydrogen) atoms. The van der Waals surface area contributed by atoms with Gasteiger partial charge in [-0.3, -0.25) is 4.79 Å². The van der Waals surface area contributed by atoms with Crippen molar-refractivity contribution >= 4 is 21.9 Å². The lowest BCUT2D eigenvalue weighted by Gasteiger charge is -2.11. The highest BCUT2D eigenvalue weighted by atomic mass is 79.9. The highest BCUT2D eigenvalue weighted by molar-refractivity contribution is 9.10. The summed E-state index contributed by atoms with van der Waals surface area (Å²) in [4.78, 5) is 11.3. The second kappa shape index (κ2) is 6.01. The number of ether oxygens (including phenoxy) is 1. The Morgan fingerprint density at radius 3 is 2.81 bits per heavy atom. The van der Waals surface area contributed by atoms with Gasteiger partial charge in [-0.05, 0) is 31.5 Å². The van der Waals surface area contributed by atoms with Crippen LogP contribution in [0.3, 0.4) is 0 Å². The molecule has 3 N–H and O–H groups in total. The second-order valence-corrected chi connectivity index (χ2v) is 4.62. The van der Waals surface area contributed by atoms with E-state index in [2.05, 4.69) is 21.7 Å². The third kappa shape index (κ3) is 3.61. The normalized spacial score (nSPS) is 12.2. The summed E-state index contributed by atoms with van der Waals surface area (Å²) >= 11 is 3.41. The number of hydrogen-bond acceptors (Lipinski definition) is 2. The molecule has 0 heterocycles. The standard InChI is InChI=1S/C12H16BrNO2/c1-3-16-12(15)7-11(14)10-5-4-9(13)6-8(10)2/h4-6,11H,3,7,14H2,1-2H3/p+1/t11-/m1/s1. The Hall–Kier alpha value is -0.870.